The first kappa shape index (κ1) is 23.8. The highest BCUT2D eigenvalue weighted by Crippen LogP contribution is 2.54. The van der Waals surface area contributed by atoms with Crippen LogP contribution in [0.3, 0.4) is 0 Å². The molecule has 0 bridgehead atoms. The van der Waals surface area contributed by atoms with Crippen molar-refractivity contribution >= 4 is 17.7 Å². The number of aryl methyl sites for hydroxylation is 1. The molecule has 1 saturated heterocycles. The number of piperidine rings is 1. The van der Waals surface area contributed by atoms with Gasteiger partial charge in [-0.3, -0.25) is 4.79 Å². The highest BCUT2D eigenvalue weighted by molar-refractivity contribution is 5.91. The molecule has 3 heterocycles. The number of carbonyl (C=O) groups excluding carboxylic acids is 1. The van der Waals surface area contributed by atoms with Crippen molar-refractivity contribution in [3.63, 3.8) is 0 Å². The lowest BCUT2D eigenvalue weighted by Crippen LogP contribution is -2.44. The molecule has 2 N–H and O–H groups in total. The molecule has 2 aromatic heterocycles. The van der Waals surface area contributed by atoms with Crippen LogP contribution < -0.4 is 15.4 Å². The molecule has 37 heavy (non-hydrogen) atoms. The van der Waals surface area contributed by atoms with E-state index >= 15 is 0 Å². The van der Waals surface area contributed by atoms with Gasteiger partial charge in [-0.05, 0) is 69.4 Å². The summed E-state index contributed by atoms with van der Waals surface area (Å²) in [6, 6.07) is 10.1. The second-order valence-electron chi connectivity index (χ2n) is 10.9. The number of aromatic nitrogens is 2. The molecular formula is C30H34N4O3. The summed E-state index contributed by atoms with van der Waals surface area (Å²) in [5.41, 5.74) is 13.0. The largest absolute Gasteiger partial charge is 0.492 e. The second kappa shape index (κ2) is 9.36. The molecule has 192 valence electrons. The molecule has 1 aliphatic heterocycles. The number of carbonyl (C=O) groups is 1. The summed E-state index contributed by atoms with van der Waals surface area (Å²) >= 11 is 0. The average Bonchev–Trinajstić information content (AvgIpc) is 3.64. The lowest BCUT2D eigenvalue weighted by Gasteiger charge is -2.50. The molecule has 1 aromatic carbocycles. The topological polar surface area (TPSA) is 94.5 Å². The van der Waals surface area contributed by atoms with Gasteiger partial charge in [0.2, 0.25) is 0 Å². The van der Waals surface area contributed by atoms with Crippen LogP contribution in [0.1, 0.15) is 78.7 Å². The number of nitrogens with zero attached hydrogens (tertiary/aromatic N) is 3. The van der Waals surface area contributed by atoms with Gasteiger partial charge in [0.25, 0.3) is 5.91 Å². The average molecular weight is 499 g/mol. The van der Waals surface area contributed by atoms with Gasteiger partial charge in [0.15, 0.2) is 0 Å². The van der Waals surface area contributed by atoms with Crippen molar-refractivity contribution in [3.8, 4) is 17.0 Å². The van der Waals surface area contributed by atoms with E-state index in [-0.39, 0.29) is 5.69 Å². The van der Waals surface area contributed by atoms with Crippen LogP contribution in [-0.2, 0) is 0 Å². The third-order valence-electron chi connectivity index (χ3n) is 8.22. The van der Waals surface area contributed by atoms with Crippen molar-refractivity contribution in [2.24, 2.45) is 11.1 Å². The van der Waals surface area contributed by atoms with Crippen molar-refractivity contribution in [1.82, 2.24) is 10.1 Å². The minimum absolute atomic E-state index is 0.235. The van der Waals surface area contributed by atoms with Gasteiger partial charge in [-0.15, -0.1) is 0 Å². The minimum Gasteiger partial charge on any atom is -0.492 e. The van der Waals surface area contributed by atoms with E-state index in [4.69, 9.17) is 15.0 Å². The van der Waals surface area contributed by atoms with Gasteiger partial charge in [-0.25, -0.2) is 4.98 Å². The molecule has 2 aliphatic carbocycles. The van der Waals surface area contributed by atoms with Gasteiger partial charge in [0.1, 0.15) is 22.9 Å². The third kappa shape index (κ3) is 4.52. The number of rotatable bonds is 7. The standard InChI is InChI=1S/C30H34N4O3/c1-3-36-26-15-24(29(31)35)32-18-25(26)34-12-10-30(11-13-34)16-20(17-30)14-23-27(22-7-5-4-6-19(22)2)33-37-28(23)21-8-9-21/h4-7,14-15,18,21H,3,8-13,16-17H2,1-2H3,(H2,31,35). The zero-order valence-corrected chi connectivity index (χ0v) is 21.6. The van der Waals surface area contributed by atoms with Gasteiger partial charge < -0.3 is 19.9 Å². The zero-order valence-electron chi connectivity index (χ0n) is 21.6. The first-order valence-electron chi connectivity index (χ1n) is 13.4. The summed E-state index contributed by atoms with van der Waals surface area (Å²) in [5.74, 6) is 1.72. The van der Waals surface area contributed by atoms with E-state index in [1.54, 1.807) is 12.3 Å². The van der Waals surface area contributed by atoms with Crippen molar-refractivity contribution in [3.05, 3.63) is 64.7 Å². The Labute approximate surface area is 217 Å². The maximum absolute atomic E-state index is 11.6. The van der Waals surface area contributed by atoms with E-state index in [0.29, 0.717) is 23.7 Å². The Hall–Kier alpha value is -3.61. The summed E-state index contributed by atoms with van der Waals surface area (Å²) in [6.07, 6.45) is 11.0. The molecule has 0 unspecified atom stereocenters. The van der Waals surface area contributed by atoms with Crippen LogP contribution >= 0.6 is 0 Å². The Balaban J connectivity index is 1.17. The number of nitrogens with two attached hydrogens (primary N) is 1. The van der Waals surface area contributed by atoms with Crippen LogP contribution in [0.2, 0.25) is 0 Å². The number of amides is 1. The molecule has 1 amide bonds. The summed E-state index contributed by atoms with van der Waals surface area (Å²) in [6.45, 7) is 6.49. The van der Waals surface area contributed by atoms with E-state index in [2.05, 4.69) is 52.3 Å². The molecule has 3 fully saturated rings. The summed E-state index contributed by atoms with van der Waals surface area (Å²) in [4.78, 5) is 18.2. The predicted octanol–water partition coefficient (Wildman–Crippen LogP) is 5.88. The molecule has 7 nitrogen and oxygen atoms in total. The number of hydrogen-bond acceptors (Lipinski definition) is 6. The Kier molecular flexibility index (Phi) is 6.01. The lowest BCUT2D eigenvalue weighted by atomic mass is 9.60. The van der Waals surface area contributed by atoms with Crippen LogP contribution in [0.15, 0.2) is 46.6 Å². The number of ether oxygens (including phenoxy) is 1. The third-order valence-corrected chi connectivity index (χ3v) is 8.22. The smallest absolute Gasteiger partial charge is 0.267 e. The van der Waals surface area contributed by atoms with E-state index in [9.17, 15) is 4.79 Å². The summed E-state index contributed by atoms with van der Waals surface area (Å²) in [7, 11) is 0. The van der Waals surface area contributed by atoms with Gasteiger partial charge in [0, 0.05) is 36.2 Å². The van der Waals surface area contributed by atoms with E-state index < -0.39 is 5.91 Å². The second-order valence-corrected chi connectivity index (χ2v) is 10.9. The van der Waals surface area contributed by atoms with Crippen molar-refractivity contribution < 1.29 is 14.1 Å². The minimum atomic E-state index is -0.540. The Morgan fingerprint density at radius 1 is 1.24 bits per heavy atom. The lowest BCUT2D eigenvalue weighted by molar-refractivity contribution is 0.0995. The Morgan fingerprint density at radius 3 is 2.68 bits per heavy atom. The molecular weight excluding hydrogens is 464 g/mol. The SMILES string of the molecule is CCOc1cc(C(N)=O)ncc1N1CCC2(CC1)CC(=Cc1c(-c3ccccc3C)noc1C1CC1)C2. The van der Waals surface area contributed by atoms with E-state index in [1.165, 1.54) is 29.5 Å². The Morgan fingerprint density at radius 2 is 2.00 bits per heavy atom. The number of benzene rings is 1. The maximum atomic E-state index is 11.6. The Bertz CT molecular complexity index is 1350. The summed E-state index contributed by atoms with van der Waals surface area (Å²) in [5, 5.41) is 4.53. The van der Waals surface area contributed by atoms with Gasteiger partial charge in [-0.1, -0.05) is 35.0 Å². The fourth-order valence-electron chi connectivity index (χ4n) is 5.99. The quantitative estimate of drug-likeness (QED) is 0.437. The molecule has 0 atom stereocenters. The number of allylic oxidation sites excluding steroid dienone is 1. The van der Waals surface area contributed by atoms with Crippen molar-refractivity contribution in [1.29, 1.82) is 0 Å². The van der Waals surface area contributed by atoms with Crippen LogP contribution in [0, 0.1) is 12.3 Å². The number of hydrogen-bond donors (Lipinski definition) is 1. The fraction of sp³-hybridized carbons (Fsp3) is 0.433. The van der Waals surface area contributed by atoms with Crippen LogP contribution in [0.4, 0.5) is 5.69 Å². The first-order chi connectivity index (χ1) is 18.0. The van der Waals surface area contributed by atoms with Gasteiger partial charge in [-0.2, -0.15) is 0 Å². The summed E-state index contributed by atoms with van der Waals surface area (Å²) < 4.78 is 11.7. The number of anilines is 1. The maximum Gasteiger partial charge on any atom is 0.267 e. The molecule has 0 radical (unpaired) electrons. The van der Waals surface area contributed by atoms with Gasteiger partial charge in [0.05, 0.1) is 18.5 Å². The normalized spacial score (nSPS) is 18.5. The highest BCUT2D eigenvalue weighted by Gasteiger charge is 2.43. The molecule has 7 heteroatoms. The molecule has 3 aromatic rings. The number of pyridine rings is 1. The molecule has 3 aliphatic rings. The molecule has 6 rings (SSSR count). The van der Waals surface area contributed by atoms with Crippen molar-refractivity contribution in [2.75, 3.05) is 24.6 Å². The van der Waals surface area contributed by atoms with E-state index in [0.717, 1.165) is 61.5 Å². The molecule has 1 spiro atoms. The van der Waals surface area contributed by atoms with Crippen LogP contribution in [-0.4, -0.2) is 35.7 Å². The molecule has 2 saturated carbocycles. The fourth-order valence-corrected chi connectivity index (χ4v) is 5.99. The monoisotopic (exact) mass is 498 g/mol. The highest BCUT2D eigenvalue weighted by atomic mass is 16.5. The zero-order chi connectivity index (χ0) is 25.6. The first-order valence-corrected chi connectivity index (χ1v) is 13.4. The van der Waals surface area contributed by atoms with E-state index in [1.807, 2.05) is 6.92 Å². The van der Waals surface area contributed by atoms with Crippen molar-refractivity contribution in [2.45, 2.75) is 58.3 Å². The number of primary amides is 1. The van der Waals surface area contributed by atoms with Gasteiger partial charge >= 0.3 is 0 Å². The predicted molar refractivity (Wildman–Crippen MR) is 144 cm³/mol. The van der Waals surface area contributed by atoms with Crippen LogP contribution in [0.5, 0.6) is 5.75 Å². The van der Waals surface area contributed by atoms with Crippen LogP contribution in [0.25, 0.3) is 17.3 Å².